The van der Waals surface area contributed by atoms with E-state index in [1.54, 1.807) is 0 Å². The summed E-state index contributed by atoms with van der Waals surface area (Å²) < 4.78 is 0. The Balaban J connectivity index is 0.00000338. The van der Waals surface area contributed by atoms with Crippen molar-refractivity contribution >= 4 is 36.4 Å². The molecule has 0 radical (unpaired) electrons. The molecule has 1 fully saturated rings. The molecule has 7 heteroatoms. The average Bonchev–Trinajstić information content (AvgIpc) is 2.61. The third-order valence-corrected chi connectivity index (χ3v) is 5.11. The quantitative estimate of drug-likeness (QED) is 0.566. The zero-order valence-electron chi connectivity index (χ0n) is 17.0. The lowest BCUT2D eigenvalue weighted by molar-refractivity contribution is 0.0950. The van der Waals surface area contributed by atoms with Gasteiger partial charge in [0.25, 0.3) is 5.91 Å². The van der Waals surface area contributed by atoms with Crippen molar-refractivity contribution in [2.45, 2.75) is 40.2 Å². The molecule has 0 saturated carbocycles. The smallest absolute Gasteiger partial charge is 0.251 e. The zero-order chi connectivity index (χ0) is 18.2. The van der Waals surface area contributed by atoms with Gasteiger partial charge >= 0.3 is 0 Å². The molecule has 0 bridgehead atoms. The summed E-state index contributed by atoms with van der Waals surface area (Å²) >= 11 is 0. The van der Waals surface area contributed by atoms with E-state index < -0.39 is 0 Å². The minimum Gasteiger partial charge on any atom is -0.382 e. The lowest BCUT2D eigenvalue weighted by atomic mass is 10.0. The Bertz CT molecular complexity index is 563. The van der Waals surface area contributed by atoms with Crippen molar-refractivity contribution in [3.63, 3.8) is 0 Å². The third-order valence-electron chi connectivity index (χ3n) is 5.11. The lowest BCUT2D eigenvalue weighted by Gasteiger charge is -2.27. The fourth-order valence-electron chi connectivity index (χ4n) is 2.98. The first kappa shape index (κ1) is 26.0. The highest BCUT2D eigenvalue weighted by Crippen LogP contribution is 2.21. The molecule has 27 heavy (non-hydrogen) atoms. The second kappa shape index (κ2) is 13.2. The van der Waals surface area contributed by atoms with Gasteiger partial charge in [0.2, 0.25) is 0 Å². The van der Waals surface area contributed by atoms with Crippen LogP contribution >= 0.6 is 24.8 Å². The monoisotopic (exact) mass is 418 g/mol. The lowest BCUT2D eigenvalue weighted by Crippen LogP contribution is -2.44. The van der Waals surface area contributed by atoms with Crippen molar-refractivity contribution in [1.29, 1.82) is 0 Å². The van der Waals surface area contributed by atoms with Crippen LogP contribution < -0.4 is 16.0 Å². The summed E-state index contributed by atoms with van der Waals surface area (Å²) in [6.07, 6.45) is 0.993. The van der Waals surface area contributed by atoms with Gasteiger partial charge in [-0.05, 0) is 50.4 Å². The topological polar surface area (TPSA) is 56.4 Å². The largest absolute Gasteiger partial charge is 0.382 e. The Morgan fingerprint density at radius 1 is 1.19 bits per heavy atom. The molecule has 1 unspecified atom stereocenters. The molecule has 1 aromatic carbocycles. The average molecular weight is 419 g/mol. The number of nitrogens with zero attached hydrogens (tertiary/aromatic N) is 1. The van der Waals surface area contributed by atoms with Crippen LogP contribution in [0.3, 0.4) is 0 Å². The molecule has 1 aliphatic heterocycles. The van der Waals surface area contributed by atoms with Crippen LogP contribution in [0.15, 0.2) is 18.2 Å². The Morgan fingerprint density at radius 2 is 1.85 bits per heavy atom. The summed E-state index contributed by atoms with van der Waals surface area (Å²) in [6, 6.07) is 6.29. The summed E-state index contributed by atoms with van der Waals surface area (Å²) in [5.41, 5.74) is 2.84. The van der Waals surface area contributed by atoms with Crippen LogP contribution in [-0.2, 0) is 0 Å². The maximum Gasteiger partial charge on any atom is 0.251 e. The van der Waals surface area contributed by atoms with E-state index in [0.29, 0.717) is 12.0 Å². The molecule has 3 N–H and O–H groups in total. The first-order chi connectivity index (χ1) is 12.0. The van der Waals surface area contributed by atoms with E-state index in [0.717, 1.165) is 62.5 Å². The molecule has 1 heterocycles. The van der Waals surface area contributed by atoms with Crippen molar-refractivity contribution in [3.05, 3.63) is 29.3 Å². The van der Waals surface area contributed by atoms with Crippen LogP contribution in [0, 0.1) is 12.8 Å². The van der Waals surface area contributed by atoms with Gasteiger partial charge in [0.1, 0.15) is 0 Å². The highest BCUT2D eigenvalue weighted by Gasteiger charge is 2.14. The predicted octanol–water partition coefficient (Wildman–Crippen LogP) is 3.32. The molecule has 0 aliphatic carbocycles. The number of amides is 1. The maximum absolute atomic E-state index is 12.5. The van der Waals surface area contributed by atoms with Gasteiger partial charge in [0.05, 0.1) is 0 Å². The Morgan fingerprint density at radius 3 is 2.48 bits per heavy atom. The van der Waals surface area contributed by atoms with E-state index in [4.69, 9.17) is 0 Å². The van der Waals surface area contributed by atoms with Crippen molar-refractivity contribution in [2.24, 2.45) is 5.92 Å². The number of benzene rings is 1. The van der Waals surface area contributed by atoms with Crippen molar-refractivity contribution < 1.29 is 4.79 Å². The molecule has 1 atom stereocenters. The van der Waals surface area contributed by atoms with E-state index in [2.05, 4.69) is 47.7 Å². The number of piperazine rings is 1. The van der Waals surface area contributed by atoms with E-state index in [1.165, 1.54) is 0 Å². The van der Waals surface area contributed by atoms with Crippen LogP contribution in [0.5, 0.6) is 0 Å². The highest BCUT2D eigenvalue weighted by atomic mass is 35.5. The molecule has 1 amide bonds. The summed E-state index contributed by atoms with van der Waals surface area (Å²) in [4.78, 5) is 15.0. The Hall–Kier alpha value is -1.01. The first-order valence-corrected chi connectivity index (χ1v) is 9.56. The molecule has 1 aliphatic rings. The van der Waals surface area contributed by atoms with Crippen molar-refractivity contribution in [3.8, 4) is 0 Å². The molecule has 1 aromatic rings. The van der Waals surface area contributed by atoms with Crippen LogP contribution in [-0.4, -0.2) is 56.1 Å². The number of carbonyl (C=O) groups excluding carboxylic acids is 1. The number of anilines is 1. The molecule has 156 valence electrons. The number of carbonyl (C=O) groups is 1. The molecular weight excluding hydrogens is 383 g/mol. The fourth-order valence-corrected chi connectivity index (χ4v) is 2.98. The van der Waals surface area contributed by atoms with Gasteiger partial charge in [-0.3, -0.25) is 4.79 Å². The molecular formula is C20H36Cl2N4O. The second-order valence-corrected chi connectivity index (χ2v) is 7.36. The number of hydrogen-bond acceptors (Lipinski definition) is 4. The normalized spacial score (nSPS) is 15.4. The number of rotatable bonds is 8. The summed E-state index contributed by atoms with van der Waals surface area (Å²) in [5, 5.41) is 9.96. The van der Waals surface area contributed by atoms with E-state index in [1.807, 2.05) is 19.1 Å². The van der Waals surface area contributed by atoms with E-state index in [-0.39, 0.29) is 30.7 Å². The van der Waals surface area contributed by atoms with Gasteiger partial charge < -0.3 is 20.9 Å². The molecule has 0 aromatic heterocycles. The standard InChI is InChI=1S/C20H34N4O.2ClH/c1-15(2)17(4)23-19-8-5-7-18(16(19)3)20(25)22-9-6-12-24-13-10-21-11-14-24;;/h5,7-8,15,17,21,23H,6,9-14H2,1-4H3,(H,22,25);2*1H. The van der Waals surface area contributed by atoms with Gasteiger partial charge in [0, 0.05) is 50.0 Å². The summed E-state index contributed by atoms with van der Waals surface area (Å²) in [7, 11) is 0. The molecule has 1 saturated heterocycles. The van der Waals surface area contributed by atoms with Crippen LogP contribution in [0.25, 0.3) is 0 Å². The number of halogens is 2. The second-order valence-electron chi connectivity index (χ2n) is 7.36. The van der Waals surface area contributed by atoms with Gasteiger partial charge in [-0.2, -0.15) is 0 Å². The SMILES string of the molecule is Cc1c(NC(C)C(C)C)cccc1C(=O)NCCCN1CCNCC1.Cl.Cl. The van der Waals surface area contributed by atoms with Crippen molar-refractivity contribution in [1.82, 2.24) is 15.5 Å². The molecule has 5 nitrogen and oxygen atoms in total. The van der Waals surface area contributed by atoms with Crippen LogP contribution in [0.4, 0.5) is 5.69 Å². The summed E-state index contributed by atoms with van der Waals surface area (Å²) in [6.45, 7) is 14.7. The van der Waals surface area contributed by atoms with Gasteiger partial charge in [-0.1, -0.05) is 19.9 Å². The van der Waals surface area contributed by atoms with Crippen LogP contribution in [0.2, 0.25) is 0 Å². The highest BCUT2D eigenvalue weighted by molar-refractivity contribution is 5.97. The van der Waals surface area contributed by atoms with Crippen molar-refractivity contribution in [2.75, 3.05) is 44.6 Å². The third kappa shape index (κ3) is 8.26. The maximum atomic E-state index is 12.5. The predicted molar refractivity (Wildman–Crippen MR) is 120 cm³/mol. The molecule has 0 spiro atoms. The van der Waals surface area contributed by atoms with Crippen LogP contribution in [0.1, 0.15) is 43.1 Å². The first-order valence-electron chi connectivity index (χ1n) is 9.56. The zero-order valence-corrected chi connectivity index (χ0v) is 18.6. The number of hydrogen-bond donors (Lipinski definition) is 3. The fraction of sp³-hybridized carbons (Fsp3) is 0.650. The molecule has 2 rings (SSSR count). The minimum atomic E-state index is 0. The van der Waals surface area contributed by atoms with E-state index >= 15 is 0 Å². The summed E-state index contributed by atoms with van der Waals surface area (Å²) in [5.74, 6) is 0.570. The minimum absolute atomic E-state index is 0. The Kier molecular flexibility index (Phi) is 12.7. The van der Waals surface area contributed by atoms with Gasteiger partial charge in [-0.25, -0.2) is 0 Å². The van der Waals surface area contributed by atoms with Gasteiger partial charge in [-0.15, -0.1) is 24.8 Å². The van der Waals surface area contributed by atoms with Gasteiger partial charge in [0.15, 0.2) is 0 Å². The van der Waals surface area contributed by atoms with E-state index in [9.17, 15) is 4.79 Å². The Labute approximate surface area is 176 Å². The number of nitrogens with one attached hydrogen (secondary N) is 3.